The van der Waals surface area contributed by atoms with Crippen molar-refractivity contribution in [3.63, 3.8) is 0 Å². The van der Waals surface area contributed by atoms with Crippen LogP contribution in [-0.4, -0.2) is 23.0 Å². The van der Waals surface area contributed by atoms with Crippen LogP contribution in [0.5, 0.6) is 0 Å². The van der Waals surface area contributed by atoms with Gasteiger partial charge in [0, 0.05) is 12.1 Å². The molecular weight excluding hydrogens is 430 g/mol. The van der Waals surface area contributed by atoms with Gasteiger partial charge in [-0.05, 0) is 59.6 Å². The maximum atomic E-state index is 12.8. The van der Waals surface area contributed by atoms with Gasteiger partial charge in [-0.1, -0.05) is 73.9 Å². The first-order chi connectivity index (χ1) is 16.1. The number of hydrogen-bond acceptors (Lipinski definition) is 3. The third-order valence-electron chi connectivity index (χ3n) is 5.83. The van der Waals surface area contributed by atoms with Crippen LogP contribution in [0.2, 0.25) is 0 Å². The molecule has 6 heteroatoms. The van der Waals surface area contributed by atoms with Gasteiger partial charge in [0.25, 0.3) is 5.91 Å². The van der Waals surface area contributed by atoms with E-state index in [-0.39, 0.29) is 23.0 Å². The van der Waals surface area contributed by atoms with Crippen molar-refractivity contribution >= 4 is 51.7 Å². The maximum Gasteiger partial charge on any atom is 0.253 e. The van der Waals surface area contributed by atoms with Crippen LogP contribution in [0.25, 0.3) is 16.8 Å². The van der Waals surface area contributed by atoms with Crippen LogP contribution in [-0.2, 0) is 4.79 Å². The number of fused-ring (bicyclic) bond motifs is 1. The predicted molar refractivity (Wildman–Crippen MR) is 138 cm³/mol. The zero-order valence-electron chi connectivity index (χ0n) is 18.3. The van der Waals surface area contributed by atoms with Gasteiger partial charge < -0.3 is 10.6 Å². The molecule has 1 aliphatic rings. The molecule has 4 rings (SSSR count). The first kappa shape index (κ1) is 22.7. The number of carbonyl (C=O) groups excluding carboxylic acids is 2. The molecule has 0 bridgehead atoms. The van der Waals surface area contributed by atoms with Crippen molar-refractivity contribution in [3.8, 4) is 0 Å². The summed E-state index contributed by atoms with van der Waals surface area (Å²) in [4.78, 5) is 25.2. The van der Waals surface area contributed by atoms with Gasteiger partial charge in [0.2, 0.25) is 5.91 Å². The Hall–Kier alpha value is -3.51. The van der Waals surface area contributed by atoms with E-state index in [0.29, 0.717) is 11.3 Å². The normalized spacial score (nSPS) is 14.2. The van der Waals surface area contributed by atoms with Crippen LogP contribution in [0.4, 0.5) is 5.69 Å². The topological polar surface area (TPSA) is 70.2 Å². The van der Waals surface area contributed by atoms with Gasteiger partial charge in [-0.25, -0.2) is 0 Å². The van der Waals surface area contributed by atoms with E-state index in [4.69, 9.17) is 12.2 Å². The van der Waals surface area contributed by atoms with Crippen LogP contribution in [0.1, 0.15) is 48.0 Å². The summed E-state index contributed by atoms with van der Waals surface area (Å²) in [5.41, 5.74) is 2.02. The lowest BCUT2D eigenvalue weighted by Gasteiger charge is -2.23. The number of anilines is 1. The SMILES string of the molecule is O=C(/C=C\c1cccc2ccccc12)NC(=S)Nc1ccccc1C(=O)NC1CCCCC1. The first-order valence-corrected chi connectivity index (χ1v) is 11.7. The molecule has 1 saturated carbocycles. The van der Waals surface area contributed by atoms with E-state index in [0.717, 1.165) is 42.0 Å². The fourth-order valence-corrected chi connectivity index (χ4v) is 4.38. The zero-order chi connectivity index (χ0) is 23.0. The summed E-state index contributed by atoms with van der Waals surface area (Å²) in [7, 11) is 0. The van der Waals surface area contributed by atoms with Crippen molar-refractivity contribution in [2.75, 3.05) is 5.32 Å². The molecule has 0 atom stereocenters. The van der Waals surface area contributed by atoms with Crippen molar-refractivity contribution < 1.29 is 9.59 Å². The maximum absolute atomic E-state index is 12.8. The van der Waals surface area contributed by atoms with E-state index in [1.165, 1.54) is 12.5 Å². The second-order valence-electron chi connectivity index (χ2n) is 8.20. The number of thiocarbonyl (C=S) groups is 1. The zero-order valence-corrected chi connectivity index (χ0v) is 19.2. The minimum Gasteiger partial charge on any atom is -0.349 e. The standard InChI is InChI=1S/C27H27N3O2S/c31-25(18-17-20-11-8-10-19-9-4-5-14-22(19)20)30-27(33)29-24-16-7-6-15-23(24)26(32)28-21-12-2-1-3-13-21/h4-11,14-18,21H,1-3,12-13H2,(H,28,32)(H2,29,30,31,33)/b18-17-. The minimum absolute atomic E-state index is 0.130. The van der Waals surface area contributed by atoms with Crippen molar-refractivity contribution in [1.29, 1.82) is 0 Å². The number of rotatable bonds is 5. The molecule has 3 N–H and O–H groups in total. The molecule has 0 aromatic heterocycles. The average molecular weight is 458 g/mol. The third-order valence-corrected chi connectivity index (χ3v) is 6.04. The lowest BCUT2D eigenvalue weighted by molar-refractivity contribution is -0.115. The monoisotopic (exact) mass is 457 g/mol. The van der Waals surface area contributed by atoms with Gasteiger partial charge in [-0.3, -0.25) is 14.9 Å². The molecule has 168 valence electrons. The minimum atomic E-state index is -0.343. The quantitative estimate of drug-likeness (QED) is 0.353. The van der Waals surface area contributed by atoms with Crippen molar-refractivity contribution in [3.05, 3.63) is 83.9 Å². The number of carbonyl (C=O) groups is 2. The Bertz CT molecular complexity index is 1190. The Morgan fingerprint density at radius 1 is 0.879 bits per heavy atom. The smallest absolute Gasteiger partial charge is 0.253 e. The average Bonchev–Trinajstić information content (AvgIpc) is 2.83. The molecule has 1 aliphatic carbocycles. The molecule has 0 aliphatic heterocycles. The van der Waals surface area contributed by atoms with Crippen LogP contribution in [0, 0.1) is 0 Å². The molecular formula is C27H27N3O2S. The summed E-state index contributed by atoms with van der Waals surface area (Å²) >= 11 is 5.32. The summed E-state index contributed by atoms with van der Waals surface area (Å²) in [6, 6.07) is 21.4. The highest BCUT2D eigenvalue weighted by atomic mass is 32.1. The molecule has 3 aromatic carbocycles. The van der Waals surface area contributed by atoms with Gasteiger partial charge in [0.05, 0.1) is 11.3 Å². The highest BCUT2D eigenvalue weighted by Gasteiger charge is 2.18. The van der Waals surface area contributed by atoms with E-state index < -0.39 is 0 Å². The second-order valence-corrected chi connectivity index (χ2v) is 8.61. The number of hydrogen-bond donors (Lipinski definition) is 3. The molecule has 0 heterocycles. The fraction of sp³-hybridized carbons (Fsp3) is 0.222. The molecule has 5 nitrogen and oxygen atoms in total. The van der Waals surface area contributed by atoms with E-state index in [1.807, 2.05) is 54.6 Å². The van der Waals surface area contributed by atoms with Crippen molar-refractivity contribution in [2.24, 2.45) is 0 Å². The number of amides is 2. The third kappa shape index (κ3) is 6.05. The highest BCUT2D eigenvalue weighted by molar-refractivity contribution is 7.80. The van der Waals surface area contributed by atoms with Crippen molar-refractivity contribution in [1.82, 2.24) is 10.6 Å². The van der Waals surface area contributed by atoms with Crippen LogP contribution in [0.15, 0.2) is 72.8 Å². The Morgan fingerprint density at radius 2 is 1.61 bits per heavy atom. The van der Waals surface area contributed by atoms with E-state index in [9.17, 15) is 9.59 Å². The molecule has 0 saturated heterocycles. The van der Waals surface area contributed by atoms with Gasteiger partial charge in [-0.2, -0.15) is 0 Å². The summed E-state index contributed by atoms with van der Waals surface area (Å²) in [6.45, 7) is 0. The Balaban J connectivity index is 1.38. The Kier molecular flexibility index (Phi) is 7.47. The number of nitrogens with one attached hydrogen (secondary N) is 3. The lowest BCUT2D eigenvalue weighted by Crippen LogP contribution is -2.37. The fourth-order valence-electron chi connectivity index (χ4n) is 4.17. The first-order valence-electron chi connectivity index (χ1n) is 11.3. The largest absolute Gasteiger partial charge is 0.349 e. The summed E-state index contributed by atoms with van der Waals surface area (Å²) in [5.74, 6) is -0.473. The van der Waals surface area contributed by atoms with Gasteiger partial charge in [0.15, 0.2) is 5.11 Å². The highest BCUT2D eigenvalue weighted by Crippen LogP contribution is 2.21. The molecule has 0 radical (unpaired) electrons. The van der Waals surface area contributed by atoms with E-state index in [1.54, 1.807) is 18.2 Å². The summed E-state index contributed by atoms with van der Waals surface area (Å²) in [5, 5.41) is 11.1. The van der Waals surface area contributed by atoms with Gasteiger partial charge in [-0.15, -0.1) is 0 Å². The lowest BCUT2D eigenvalue weighted by atomic mass is 9.95. The molecule has 2 amide bonds. The molecule has 3 aromatic rings. The van der Waals surface area contributed by atoms with Gasteiger partial charge >= 0.3 is 0 Å². The Labute approximate surface area is 199 Å². The van der Waals surface area contributed by atoms with Crippen LogP contribution in [0.3, 0.4) is 0 Å². The van der Waals surface area contributed by atoms with Crippen LogP contribution < -0.4 is 16.0 Å². The van der Waals surface area contributed by atoms with E-state index in [2.05, 4.69) is 16.0 Å². The van der Waals surface area contributed by atoms with Gasteiger partial charge in [0.1, 0.15) is 0 Å². The molecule has 33 heavy (non-hydrogen) atoms. The van der Waals surface area contributed by atoms with Crippen molar-refractivity contribution in [2.45, 2.75) is 38.1 Å². The second kappa shape index (κ2) is 10.9. The number of para-hydroxylation sites is 1. The predicted octanol–water partition coefficient (Wildman–Crippen LogP) is 5.43. The molecule has 0 spiro atoms. The van der Waals surface area contributed by atoms with Crippen LogP contribution >= 0.6 is 12.2 Å². The molecule has 0 unspecified atom stereocenters. The van der Waals surface area contributed by atoms with E-state index >= 15 is 0 Å². The molecule has 1 fully saturated rings. The number of benzene rings is 3. The Morgan fingerprint density at radius 3 is 2.45 bits per heavy atom. The summed E-state index contributed by atoms with van der Waals surface area (Å²) < 4.78 is 0. The summed E-state index contributed by atoms with van der Waals surface area (Å²) in [6.07, 6.45) is 8.77.